The first-order chi connectivity index (χ1) is 14.7. The molecule has 148 valence electrons. The number of pyridine rings is 3. The molecule has 0 saturated heterocycles. The predicted octanol–water partition coefficient (Wildman–Crippen LogP) is 3.60. The van der Waals surface area contributed by atoms with Crippen LogP contribution in [-0.4, -0.2) is 28.7 Å². The van der Waals surface area contributed by atoms with E-state index in [4.69, 9.17) is 0 Å². The fraction of sp³-hybridized carbons (Fsp3) is 0.217. The molecule has 1 aliphatic carbocycles. The molecule has 0 N–H and O–H groups in total. The lowest BCUT2D eigenvalue weighted by Gasteiger charge is -2.08. The van der Waals surface area contributed by atoms with Gasteiger partial charge in [0.05, 0.1) is 29.9 Å². The average Bonchev–Trinajstić information content (AvgIpc) is 3.34. The van der Waals surface area contributed by atoms with Crippen molar-refractivity contribution < 1.29 is 0 Å². The maximum absolute atomic E-state index is 13.2. The van der Waals surface area contributed by atoms with Gasteiger partial charge in [-0.2, -0.15) is 5.10 Å². The summed E-state index contributed by atoms with van der Waals surface area (Å²) in [6, 6.07) is 6.53. The number of nitrogens with zero attached hydrogens (tertiary/aromatic N) is 6. The molecule has 1 fully saturated rings. The molecule has 0 aromatic carbocycles. The maximum Gasteiger partial charge on any atom is 0.260 e. The van der Waals surface area contributed by atoms with E-state index in [-0.39, 0.29) is 5.56 Å². The molecule has 0 unspecified atom stereocenters. The molecule has 0 atom stereocenters. The third-order valence-corrected chi connectivity index (χ3v) is 5.71. The molecular formula is C23H20N6O. The summed E-state index contributed by atoms with van der Waals surface area (Å²) >= 11 is 0. The number of imidazole rings is 1. The van der Waals surface area contributed by atoms with Gasteiger partial charge in [0.15, 0.2) is 0 Å². The minimum atomic E-state index is -0.0651. The second-order valence-electron chi connectivity index (χ2n) is 8.04. The van der Waals surface area contributed by atoms with Crippen molar-refractivity contribution in [3.8, 4) is 11.1 Å². The Kier molecular flexibility index (Phi) is 3.65. The Labute approximate surface area is 172 Å². The first-order valence-electron chi connectivity index (χ1n) is 10.1. The van der Waals surface area contributed by atoms with Gasteiger partial charge in [-0.1, -0.05) is 6.07 Å². The molecule has 0 bridgehead atoms. The summed E-state index contributed by atoms with van der Waals surface area (Å²) in [5, 5.41) is 5.98. The van der Waals surface area contributed by atoms with Crippen molar-refractivity contribution >= 4 is 16.4 Å². The Balaban J connectivity index is 1.40. The van der Waals surface area contributed by atoms with Crippen molar-refractivity contribution in [2.75, 3.05) is 0 Å². The van der Waals surface area contributed by atoms with E-state index in [1.807, 2.05) is 65.2 Å². The Morgan fingerprint density at radius 3 is 2.80 bits per heavy atom. The van der Waals surface area contributed by atoms with Crippen molar-refractivity contribution in [3.05, 3.63) is 83.2 Å². The van der Waals surface area contributed by atoms with Crippen LogP contribution in [0.25, 0.3) is 27.5 Å². The summed E-state index contributed by atoms with van der Waals surface area (Å²) in [5.74, 6) is 0. The standard InChI is InChI=1S/C23H20N6O/c1-15-2-5-22-26-17(14-28(22)11-15)13-27-7-6-19-20(9-24-10-21(19)23(27)30)16-8-25-29(12-16)18-3-4-18/h2,5-12,14,18H,3-4,13H2,1H3. The highest BCUT2D eigenvalue weighted by molar-refractivity contribution is 5.94. The maximum atomic E-state index is 13.2. The smallest absolute Gasteiger partial charge is 0.260 e. The van der Waals surface area contributed by atoms with Crippen LogP contribution < -0.4 is 5.56 Å². The van der Waals surface area contributed by atoms with E-state index in [1.165, 1.54) is 12.8 Å². The molecule has 0 radical (unpaired) electrons. The molecule has 7 heteroatoms. The first kappa shape index (κ1) is 17.1. The van der Waals surface area contributed by atoms with Gasteiger partial charge < -0.3 is 8.97 Å². The largest absolute Gasteiger partial charge is 0.309 e. The fourth-order valence-electron chi connectivity index (χ4n) is 3.98. The topological polar surface area (TPSA) is 70.0 Å². The summed E-state index contributed by atoms with van der Waals surface area (Å²) in [4.78, 5) is 22.2. The number of aromatic nitrogens is 6. The minimum Gasteiger partial charge on any atom is -0.309 e. The number of hydrogen-bond donors (Lipinski definition) is 0. The lowest BCUT2D eigenvalue weighted by Crippen LogP contribution is -2.20. The van der Waals surface area contributed by atoms with Gasteiger partial charge in [-0.3, -0.25) is 14.5 Å². The third kappa shape index (κ3) is 2.82. The van der Waals surface area contributed by atoms with E-state index in [9.17, 15) is 4.79 Å². The van der Waals surface area contributed by atoms with Gasteiger partial charge in [0.25, 0.3) is 5.56 Å². The quantitative estimate of drug-likeness (QED) is 0.465. The SMILES string of the molecule is Cc1ccc2nc(Cn3ccc4c(-c5cnn(C6CC6)c5)cncc4c3=O)cn2c1. The highest BCUT2D eigenvalue weighted by atomic mass is 16.1. The van der Waals surface area contributed by atoms with Gasteiger partial charge in [0.1, 0.15) is 5.65 Å². The van der Waals surface area contributed by atoms with E-state index in [0.29, 0.717) is 18.0 Å². The van der Waals surface area contributed by atoms with Crippen molar-refractivity contribution in [1.29, 1.82) is 0 Å². The second kappa shape index (κ2) is 6.38. The van der Waals surface area contributed by atoms with Crippen LogP contribution in [0.5, 0.6) is 0 Å². The Morgan fingerprint density at radius 2 is 1.93 bits per heavy atom. The van der Waals surface area contributed by atoms with Gasteiger partial charge in [-0.25, -0.2) is 4.98 Å². The van der Waals surface area contributed by atoms with Crippen molar-refractivity contribution in [1.82, 2.24) is 28.7 Å². The number of hydrogen-bond acceptors (Lipinski definition) is 4. The van der Waals surface area contributed by atoms with Crippen molar-refractivity contribution in [3.63, 3.8) is 0 Å². The van der Waals surface area contributed by atoms with Crippen LogP contribution in [0.3, 0.4) is 0 Å². The monoisotopic (exact) mass is 396 g/mol. The fourth-order valence-corrected chi connectivity index (χ4v) is 3.98. The van der Waals surface area contributed by atoms with E-state index in [1.54, 1.807) is 10.8 Å². The Hall–Kier alpha value is -3.74. The van der Waals surface area contributed by atoms with Gasteiger partial charge in [-0.05, 0) is 42.8 Å². The van der Waals surface area contributed by atoms with Gasteiger partial charge in [-0.15, -0.1) is 0 Å². The number of fused-ring (bicyclic) bond motifs is 2. The van der Waals surface area contributed by atoms with Crippen LogP contribution in [0, 0.1) is 6.92 Å². The van der Waals surface area contributed by atoms with Gasteiger partial charge in [0, 0.05) is 48.3 Å². The Morgan fingerprint density at radius 1 is 1.03 bits per heavy atom. The zero-order valence-corrected chi connectivity index (χ0v) is 16.6. The molecule has 1 aliphatic rings. The van der Waals surface area contributed by atoms with E-state index < -0.39 is 0 Å². The zero-order chi connectivity index (χ0) is 20.2. The molecule has 30 heavy (non-hydrogen) atoms. The number of rotatable bonds is 4. The molecular weight excluding hydrogens is 376 g/mol. The average molecular weight is 396 g/mol. The molecule has 0 spiro atoms. The lowest BCUT2D eigenvalue weighted by atomic mass is 10.1. The second-order valence-corrected chi connectivity index (χ2v) is 8.04. The summed E-state index contributed by atoms with van der Waals surface area (Å²) in [6.07, 6.45) is 15.6. The van der Waals surface area contributed by atoms with Gasteiger partial charge in [0.2, 0.25) is 0 Å². The van der Waals surface area contributed by atoms with E-state index in [2.05, 4.69) is 21.3 Å². The van der Waals surface area contributed by atoms with Crippen molar-refractivity contribution in [2.45, 2.75) is 32.4 Å². The van der Waals surface area contributed by atoms with Crippen LogP contribution in [0.1, 0.15) is 30.1 Å². The predicted molar refractivity (Wildman–Crippen MR) is 115 cm³/mol. The molecule has 5 aromatic heterocycles. The number of aryl methyl sites for hydroxylation is 1. The molecule has 5 aromatic rings. The highest BCUT2D eigenvalue weighted by Crippen LogP contribution is 2.35. The summed E-state index contributed by atoms with van der Waals surface area (Å²) < 4.78 is 5.70. The van der Waals surface area contributed by atoms with Crippen LogP contribution in [0.2, 0.25) is 0 Å². The molecule has 0 amide bonds. The van der Waals surface area contributed by atoms with Crippen LogP contribution >= 0.6 is 0 Å². The normalized spacial score (nSPS) is 14.0. The van der Waals surface area contributed by atoms with Gasteiger partial charge >= 0.3 is 0 Å². The summed E-state index contributed by atoms with van der Waals surface area (Å²) in [5.41, 5.74) is 4.75. The van der Waals surface area contributed by atoms with Crippen LogP contribution in [-0.2, 0) is 6.54 Å². The van der Waals surface area contributed by atoms with Crippen molar-refractivity contribution in [2.24, 2.45) is 0 Å². The summed E-state index contributed by atoms with van der Waals surface area (Å²) in [7, 11) is 0. The Bertz CT molecular complexity index is 1470. The van der Waals surface area contributed by atoms with Crippen LogP contribution in [0.4, 0.5) is 0 Å². The lowest BCUT2D eigenvalue weighted by molar-refractivity contribution is 0.642. The minimum absolute atomic E-state index is 0.0651. The molecule has 0 aliphatic heterocycles. The first-order valence-corrected chi connectivity index (χ1v) is 10.1. The third-order valence-electron chi connectivity index (χ3n) is 5.71. The zero-order valence-electron chi connectivity index (χ0n) is 16.6. The van der Waals surface area contributed by atoms with Crippen LogP contribution in [0.15, 0.2) is 66.4 Å². The van der Waals surface area contributed by atoms with E-state index >= 15 is 0 Å². The highest BCUT2D eigenvalue weighted by Gasteiger charge is 2.24. The molecule has 5 heterocycles. The summed E-state index contributed by atoms with van der Waals surface area (Å²) in [6.45, 7) is 2.46. The molecule has 6 rings (SSSR count). The molecule has 1 saturated carbocycles. The molecule has 7 nitrogen and oxygen atoms in total. The van der Waals surface area contributed by atoms with E-state index in [0.717, 1.165) is 33.4 Å².